The lowest BCUT2D eigenvalue weighted by Gasteiger charge is -2.00. The molecule has 1 heterocycles. The van der Waals surface area contributed by atoms with Gasteiger partial charge in [-0.1, -0.05) is 0 Å². The van der Waals surface area contributed by atoms with E-state index in [1.165, 1.54) is 11.8 Å². The van der Waals surface area contributed by atoms with Crippen LogP contribution in [0.4, 0.5) is 0 Å². The van der Waals surface area contributed by atoms with E-state index in [0.717, 1.165) is 10.5 Å². The molecular weight excluding hydrogens is 236 g/mol. The monoisotopic (exact) mass is 246 g/mol. The predicted molar refractivity (Wildman–Crippen MR) is 64.3 cm³/mol. The fourth-order valence-corrected chi connectivity index (χ4v) is 1.90. The zero-order valence-corrected chi connectivity index (χ0v) is 9.94. The zero-order valence-electron chi connectivity index (χ0n) is 9.12. The van der Waals surface area contributed by atoms with Crippen molar-refractivity contribution in [2.24, 2.45) is 0 Å². The van der Waals surface area contributed by atoms with Gasteiger partial charge >= 0.3 is 5.97 Å². The minimum atomic E-state index is -0.923. The fourth-order valence-electron chi connectivity index (χ4n) is 1.20. The largest absolute Gasteiger partial charge is 0.478 e. The normalized spacial score (nSPS) is 10.2. The molecule has 1 N–H and O–H groups in total. The second kappa shape index (κ2) is 4.97. The van der Waals surface area contributed by atoms with Crippen LogP contribution in [0.3, 0.4) is 0 Å². The van der Waals surface area contributed by atoms with Crippen molar-refractivity contribution in [1.82, 2.24) is 9.97 Å². The molecule has 0 saturated carbocycles. The molecule has 5 heteroatoms. The van der Waals surface area contributed by atoms with Crippen LogP contribution >= 0.6 is 11.8 Å². The van der Waals surface area contributed by atoms with Gasteiger partial charge in [0.15, 0.2) is 5.16 Å². The van der Waals surface area contributed by atoms with Crippen molar-refractivity contribution in [2.45, 2.75) is 17.0 Å². The molecule has 0 bridgehead atoms. The molecule has 0 unspecified atom stereocenters. The third-order valence-electron chi connectivity index (χ3n) is 2.07. The number of aromatic carboxylic acids is 1. The van der Waals surface area contributed by atoms with Crippen LogP contribution in [0.15, 0.2) is 46.7 Å². The van der Waals surface area contributed by atoms with Gasteiger partial charge in [-0.15, -0.1) is 0 Å². The quantitative estimate of drug-likeness (QED) is 0.843. The van der Waals surface area contributed by atoms with Gasteiger partial charge in [-0.2, -0.15) is 0 Å². The topological polar surface area (TPSA) is 63.1 Å². The second-order valence-electron chi connectivity index (χ2n) is 3.47. The number of carboxylic acids is 1. The van der Waals surface area contributed by atoms with E-state index in [4.69, 9.17) is 5.11 Å². The summed E-state index contributed by atoms with van der Waals surface area (Å²) < 4.78 is 0. The SMILES string of the molecule is Cc1cnc(Sc2ccc(C(=O)O)cc2)nc1. The number of nitrogens with zero attached hydrogens (tertiary/aromatic N) is 2. The van der Waals surface area contributed by atoms with Crippen molar-refractivity contribution in [1.29, 1.82) is 0 Å². The molecule has 0 saturated heterocycles. The van der Waals surface area contributed by atoms with Crippen LogP contribution in [-0.2, 0) is 0 Å². The Kier molecular flexibility index (Phi) is 3.39. The lowest BCUT2D eigenvalue weighted by atomic mass is 10.2. The molecule has 0 aliphatic heterocycles. The van der Waals surface area contributed by atoms with E-state index >= 15 is 0 Å². The first-order valence-corrected chi connectivity index (χ1v) is 5.76. The molecule has 0 fully saturated rings. The number of hydrogen-bond acceptors (Lipinski definition) is 4. The maximum absolute atomic E-state index is 10.7. The highest BCUT2D eigenvalue weighted by atomic mass is 32.2. The summed E-state index contributed by atoms with van der Waals surface area (Å²) in [5.41, 5.74) is 1.29. The Morgan fingerprint density at radius 2 is 1.76 bits per heavy atom. The summed E-state index contributed by atoms with van der Waals surface area (Å²) in [7, 11) is 0. The number of hydrogen-bond donors (Lipinski definition) is 1. The summed E-state index contributed by atoms with van der Waals surface area (Å²) in [4.78, 5) is 19.9. The summed E-state index contributed by atoms with van der Waals surface area (Å²) >= 11 is 1.40. The Bertz CT molecular complexity index is 523. The summed E-state index contributed by atoms with van der Waals surface area (Å²) in [5, 5.41) is 9.42. The van der Waals surface area contributed by atoms with Crippen LogP contribution in [-0.4, -0.2) is 21.0 Å². The van der Waals surface area contributed by atoms with Crippen LogP contribution in [0.1, 0.15) is 15.9 Å². The zero-order chi connectivity index (χ0) is 12.3. The van der Waals surface area contributed by atoms with E-state index in [2.05, 4.69) is 9.97 Å². The fraction of sp³-hybridized carbons (Fsp3) is 0.0833. The van der Waals surface area contributed by atoms with Crippen molar-refractivity contribution in [3.63, 3.8) is 0 Å². The minimum absolute atomic E-state index is 0.277. The molecule has 0 spiro atoms. The molecule has 4 nitrogen and oxygen atoms in total. The lowest BCUT2D eigenvalue weighted by molar-refractivity contribution is 0.0697. The summed E-state index contributed by atoms with van der Waals surface area (Å²) in [6.45, 7) is 1.93. The molecular formula is C12H10N2O2S. The van der Waals surface area contributed by atoms with E-state index < -0.39 is 5.97 Å². The smallest absolute Gasteiger partial charge is 0.335 e. The molecule has 1 aromatic carbocycles. The number of carboxylic acid groups (broad SMARTS) is 1. The molecule has 0 aliphatic carbocycles. The first-order valence-electron chi connectivity index (χ1n) is 4.95. The van der Waals surface area contributed by atoms with Crippen molar-refractivity contribution in [2.75, 3.05) is 0 Å². The number of rotatable bonds is 3. The summed E-state index contributed by atoms with van der Waals surface area (Å²) in [5.74, 6) is -0.923. The number of aryl methyl sites for hydroxylation is 1. The van der Waals surface area contributed by atoms with Gasteiger partial charge in [0.05, 0.1) is 5.56 Å². The highest BCUT2D eigenvalue weighted by molar-refractivity contribution is 7.99. The lowest BCUT2D eigenvalue weighted by Crippen LogP contribution is -1.94. The van der Waals surface area contributed by atoms with Crippen LogP contribution < -0.4 is 0 Å². The Balaban J connectivity index is 2.13. The molecule has 2 rings (SSSR count). The van der Waals surface area contributed by atoms with Gasteiger partial charge < -0.3 is 5.11 Å². The van der Waals surface area contributed by atoms with Gasteiger partial charge in [0.2, 0.25) is 0 Å². The Labute approximate surface area is 103 Å². The predicted octanol–water partition coefficient (Wildman–Crippen LogP) is 2.63. The van der Waals surface area contributed by atoms with E-state index in [1.54, 1.807) is 36.7 Å². The number of carbonyl (C=O) groups is 1. The van der Waals surface area contributed by atoms with Gasteiger partial charge in [-0.05, 0) is 48.5 Å². The van der Waals surface area contributed by atoms with E-state index in [0.29, 0.717) is 5.16 Å². The number of benzene rings is 1. The molecule has 2 aromatic rings. The van der Waals surface area contributed by atoms with Crippen LogP contribution in [0.5, 0.6) is 0 Å². The average Bonchev–Trinajstić information content (AvgIpc) is 2.33. The Morgan fingerprint density at radius 3 is 2.29 bits per heavy atom. The maximum Gasteiger partial charge on any atom is 0.335 e. The molecule has 86 valence electrons. The van der Waals surface area contributed by atoms with Crippen LogP contribution in [0, 0.1) is 6.92 Å². The molecule has 1 aromatic heterocycles. The highest BCUT2D eigenvalue weighted by Crippen LogP contribution is 2.24. The van der Waals surface area contributed by atoms with Crippen molar-refractivity contribution in [3.05, 3.63) is 47.8 Å². The highest BCUT2D eigenvalue weighted by Gasteiger charge is 2.03. The van der Waals surface area contributed by atoms with Crippen LogP contribution in [0.2, 0.25) is 0 Å². The van der Waals surface area contributed by atoms with E-state index in [1.807, 2.05) is 6.92 Å². The maximum atomic E-state index is 10.7. The van der Waals surface area contributed by atoms with E-state index in [9.17, 15) is 4.79 Å². The minimum Gasteiger partial charge on any atom is -0.478 e. The van der Waals surface area contributed by atoms with Gasteiger partial charge in [-0.3, -0.25) is 0 Å². The first-order chi connectivity index (χ1) is 8.15. The first kappa shape index (κ1) is 11.6. The third kappa shape index (κ3) is 3.04. The third-order valence-corrected chi connectivity index (χ3v) is 2.97. The standard InChI is InChI=1S/C12H10N2O2S/c1-8-6-13-12(14-7-8)17-10-4-2-9(3-5-10)11(15)16/h2-7H,1H3,(H,15,16). The van der Waals surface area contributed by atoms with Crippen molar-refractivity contribution < 1.29 is 9.90 Å². The summed E-state index contributed by atoms with van der Waals surface area (Å²) in [6.07, 6.45) is 3.50. The molecule has 0 amide bonds. The van der Waals surface area contributed by atoms with Gasteiger partial charge in [0.1, 0.15) is 0 Å². The Hall–Kier alpha value is -1.88. The average molecular weight is 246 g/mol. The van der Waals surface area contributed by atoms with Gasteiger partial charge in [0.25, 0.3) is 0 Å². The van der Waals surface area contributed by atoms with Gasteiger partial charge in [-0.25, -0.2) is 14.8 Å². The summed E-state index contributed by atoms with van der Waals surface area (Å²) in [6, 6.07) is 6.63. The molecule has 0 radical (unpaired) electrons. The molecule has 17 heavy (non-hydrogen) atoms. The Morgan fingerprint density at radius 1 is 1.18 bits per heavy atom. The van der Waals surface area contributed by atoms with Crippen molar-refractivity contribution >= 4 is 17.7 Å². The van der Waals surface area contributed by atoms with Gasteiger partial charge in [0, 0.05) is 17.3 Å². The van der Waals surface area contributed by atoms with Crippen LogP contribution in [0.25, 0.3) is 0 Å². The molecule has 0 aliphatic rings. The van der Waals surface area contributed by atoms with E-state index in [-0.39, 0.29) is 5.56 Å². The van der Waals surface area contributed by atoms with Crippen molar-refractivity contribution in [3.8, 4) is 0 Å². The number of aromatic nitrogens is 2. The second-order valence-corrected chi connectivity index (χ2v) is 4.52. The molecule has 0 atom stereocenters.